The van der Waals surface area contributed by atoms with E-state index in [2.05, 4.69) is 52.0 Å². The minimum Gasteiger partial charge on any atom is -0.491 e. The number of benzene rings is 4. The molecule has 5 rings (SSSR count). The Balaban J connectivity index is 0.000000245. The quantitative estimate of drug-likeness (QED) is 0.0633. The third-order valence-electron chi connectivity index (χ3n) is 9.37. The molecule has 4 aromatic rings. The largest absolute Gasteiger partial charge is 0.491 e. The molecule has 1 saturated heterocycles. The van der Waals surface area contributed by atoms with E-state index < -0.39 is 18.3 Å². The predicted octanol–water partition coefficient (Wildman–Crippen LogP) is 6.55. The first-order valence-corrected chi connectivity index (χ1v) is 19.0. The molecule has 11 heteroatoms. The van der Waals surface area contributed by atoms with Crippen LogP contribution in [0.1, 0.15) is 49.9 Å². The maximum absolute atomic E-state index is 9.67. The highest BCUT2D eigenvalue weighted by Crippen LogP contribution is 2.35. The van der Waals surface area contributed by atoms with Crippen LogP contribution in [0, 0.1) is 0 Å². The molecule has 1 heterocycles. The van der Waals surface area contributed by atoms with Crippen LogP contribution in [0.3, 0.4) is 0 Å². The Morgan fingerprint density at radius 2 is 0.818 bits per heavy atom. The Hall–Kier alpha value is -3.87. The van der Waals surface area contributed by atoms with Gasteiger partial charge in [-0.25, -0.2) is 0 Å². The summed E-state index contributed by atoms with van der Waals surface area (Å²) in [6.07, 6.45) is -1.68. The SMILES string of the molecule is COC[C@H](O)COc1ccc(C(C)(C)c2ccc(OCC(O)CCl)cc2)cc1.COC[C@H](O)COc1ccc(C(C)(C)c2ccc(OCC3CO3)cc2)cc1. The number of methoxy groups -OCH3 is 2. The van der Waals surface area contributed by atoms with Gasteiger partial charge in [-0.05, 0) is 70.8 Å². The van der Waals surface area contributed by atoms with Crippen molar-refractivity contribution in [2.45, 2.75) is 62.9 Å². The summed E-state index contributed by atoms with van der Waals surface area (Å²) in [4.78, 5) is 0. The molecule has 0 aliphatic carbocycles. The molecule has 4 atom stereocenters. The van der Waals surface area contributed by atoms with E-state index >= 15 is 0 Å². The fourth-order valence-electron chi connectivity index (χ4n) is 5.66. The van der Waals surface area contributed by atoms with E-state index in [1.165, 1.54) is 11.1 Å². The molecule has 0 spiro atoms. The van der Waals surface area contributed by atoms with Crippen molar-refractivity contribution >= 4 is 11.6 Å². The first-order chi connectivity index (χ1) is 26.3. The van der Waals surface area contributed by atoms with E-state index in [9.17, 15) is 15.3 Å². The molecule has 1 aliphatic heterocycles. The molecule has 3 N–H and O–H groups in total. The zero-order valence-electron chi connectivity index (χ0n) is 32.8. The summed E-state index contributed by atoms with van der Waals surface area (Å²) in [5.41, 5.74) is 4.33. The van der Waals surface area contributed by atoms with Gasteiger partial charge in [0.05, 0.1) is 25.7 Å². The standard InChI is InChI=1S/C22H29ClO5.C22H28O5/c1-22(2,16-4-8-20(9-5-16)27-14-18(24)12-23)17-6-10-21(11-7-17)28-15-19(25)13-26-3;1-22(2,17-6-10-20(11-7-17)26-14-21-15-27-21)16-4-8-19(9-5-16)25-13-18(23)12-24-3/h4-11,18-19,24-25H,12-15H2,1-3H3;4-11,18,21,23H,12-15H2,1-3H3/t18?,19-;18-,21?/m00/s1. The molecule has 0 bridgehead atoms. The maximum atomic E-state index is 9.67. The first kappa shape index (κ1) is 43.9. The molecule has 0 amide bonds. The number of alkyl halides is 1. The molecule has 55 heavy (non-hydrogen) atoms. The van der Waals surface area contributed by atoms with Gasteiger partial charge in [0.2, 0.25) is 0 Å². The molecule has 300 valence electrons. The Kier molecular flexibility index (Phi) is 17.1. The van der Waals surface area contributed by atoms with E-state index in [-0.39, 0.29) is 55.8 Å². The topological polar surface area (TPSA) is 129 Å². The summed E-state index contributed by atoms with van der Waals surface area (Å²) in [5, 5.41) is 28.8. The van der Waals surface area contributed by atoms with Crippen molar-refractivity contribution in [1.82, 2.24) is 0 Å². The number of rotatable bonds is 21. The molecule has 0 aromatic heterocycles. The average molecular weight is 781 g/mol. The fraction of sp³-hybridized carbons (Fsp3) is 0.455. The van der Waals surface area contributed by atoms with Gasteiger partial charge in [-0.15, -0.1) is 11.6 Å². The summed E-state index contributed by atoms with van der Waals surface area (Å²) in [5.74, 6) is 3.15. The lowest BCUT2D eigenvalue weighted by Crippen LogP contribution is -2.22. The van der Waals surface area contributed by atoms with Gasteiger partial charge in [-0.3, -0.25) is 0 Å². The smallest absolute Gasteiger partial charge is 0.119 e. The van der Waals surface area contributed by atoms with E-state index in [1.54, 1.807) is 14.2 Å². The van der Waals surface area contributed by atoms with Crippen molar-refractivity contribution in [1.29, 1.82) is 0 Å². The molecule has 0 radical (unpaired) electrons. The molecular formula is C44H57ClO10. The van der Waals surface area contributed by atoms with Crippen molar-refractivity contribution in [3.63, 3.8) is 0 Å². The minimum atomic E-state index is -0.672. The number of hydrogen-bond donors (Lipinski definition) is 3. The Labute approximate surface area is 330 Å². The molecule has 4 aromatic carbocycles. The molecule has 1 aliphatic rings. The van der Waals surface area contributed by atoms with Crippen molar-refractivity contribution in [3.8, 4) is 23.0 Å². The number of aliphatic hydroxyl groups is 3. The van der Waals surface area contributed by atoms with Crippen molar-refractivity contribution in [2.75, 3.05) is 66.3 Å². The molecule has 0 saturated carbocycles. The summed E-state index contributed by atoms with van der Waals surface area (Å²) in [7, 11) is 3.10. The van der Waals surface area contributed by atoms with Crippen LogP contribution in [0.2, 0.25) is 0 Å². The van der Waals surface area contributed by atoms with Gasteiger partial charge in [0, 0.05) is 25.0 Å². The van der Waals surface area contributed by atoms with Crippen LogP contribution in [0.5, 0.6) is 23.0 Å². The van der Waals surface area contributed by atoms with Crippen molar-refractivity contribution in [2.24, 2.45) is 0 Å². The number of ether oxygens (including phenoxy) is 7. The third kappa shape index (κ3) is 14.0. The highest BCUT2D eigenvalue weighted by molar-refractivity contribution is 6.18. The average Bonchev–Trinajstić information content (AvgIpc) is 4.03. The van der Waals surface area contributed by atoms with E-state index in [0.717, 1.165) is 29.2 Å². The lowest BCUT2D eigenvalue weighted by Gasteiger charge is -2.26. The third-order valence-corrected chi connectivity index (χ3v) is 9.72. The Morgan fingerprint density at radius 3 is 1.09 bits per heavy atom. The monoisotopic (exact) mass is 780 g/mol. The predicted molar refractivity (Wildman–Crippen MR) is 214 cm³/mol. The van der Waals surface area contributed by atoms with Crippen molar-refractivity contribution in [3.05, 3.63) is 119 Å². The van der Waals surface area contributed by atoms with Crippen LogP contribution in [0.4, 0.5) is 0 Å². The van der Waals surface area contributed by atoms with Crippen molar-refractivity contribution < 1.29 is 48.5 Å². The highest BCUT2D eigenvalue weighted by atomic mass is 35.5. The number of aliphatic hydroxyl groups excluding tert-OH is 3. The lowest BCUT2D eigenvalue weighted by atomic mass is 9.78. The van der Waals surface area contributed by atoms with Gasteiger partial charge < -0.3 is 48.5 Å². The lowest BCUT2D eigenvalue weighted by molar-refractivity contribution is 0.0325. The second-order valence-electron chi connectivity index (χ2n) is 14.6. The van der Waals surface area contributed by atoms with E-state index in [4.69, 9.17) is 44.8 Å². The minimum absolute atomic E-state index is 0.147. The van der Waals surface area contributed by atoms with Crippen LogP contribution < -0.4 is 18.9 Å². The van der Waals surface area contributed by atoms with Gasteiger partial charge in [-0.1, -0.05) is 76.2 Å². The van der Waals surface area contributed by atoms with E-state index in [0.29, 0.717) is 18.1 Å². The molecule has 1 fully saturated rings. The van der Waals surface area contributed by atoms with Gasteiger partial charge in [0.25, 0.3) is 0 Å². The molecular weight excluding hydrogens is 724 g/mol. The van der Waals surface area contributed by atoms with Gasteiger partial charge >= 0.3 is 0 Å². The fourth-order valence-corrected chi connectivity index (χ4v) is 5.75. The van der Waals surface area contributed by atoms with Crippen LogP contribution in [0.25, 0.3) is 0 Å². The second-order valence-corrected chi connectivity index (χ2v) is 14.9. The Bertz CT molecular complexity index is 1660. The first-order valence-electron chi connectivity index (χ1n) is 18.5. The summed E-state index contributed by atoms with van der Waals surface area (Å²) < 4.78 is 37.4. The number of epoxide rings is 1. The maximum Gasteiger partial charge on any atom is 0.119 e. The van der Waals surface area contributed by atoms with Gasteiger partial charge in [-0.2, -0.15) is 0 Å². The highest BCUT2D eigenvalue weighted by Gasteiger charge is 2.26. The summed E-state index contributed by atoms with van der Waals surface area (Å²) in [6.45, 7) is 11.2. The Morgan fingerprint density at radius 1 is 0.527 bits per heavy atom. The van der Waals surface area contributed by atoms with Gasteiger partial charge in [0.1, 0.15) is 73.8 Å². The van der Waals surface area contributed by atoms with Crippen LogP contribution in [-0.4, -0.2) is 106 Å². The molecule has 2 unspecified atom stereocenters. The zero-order valence-corrected chi connectivity index (χ0v) is 33.5. The normalized spacial score (nSPS) is 15.6. The van der Waals surface area contributed by atoms with Crippen LogP contribution in [-0.2, 0) is 25.0 Å². The van der Waals surface area contributed by atoms with E-state index in [1.807, 2.05) is 72.8 Å². The zero-order chi connectivity index (χ0) is 39.8. The number of halogens is 1. The van der Waals surface area contributed by atoms with Gasteiger partial charge in [0.15, 0.2) is 0 Å². The second kappa shape index (κ2) is 21.4. The summed E-state index contributed by atoms with van der Waals surface area (Å²) >= 11 is 5.57. The van der Waals surface area contributed by atoms with Crippen LogP contribution in [0.15, 0.2) is 97.1 Å². The summed E-state index contributed by atoms with van der Waals surface area (Å²) in [6, 6.07) is 31.9. The molecule has 10 nitrogen and oxygen atoms in total. The van der Waals surface area contributed by atoms with Crippen LogP contribution >= 0.6 is 11.6 Å². The number of hydrogen-bond acceptors (Lipinski definition) is 10.